The van der Waals surface area contributed by atoms with Crippen molar-refractivity contribution in [1.29, 1.82) is 0 Å². The van der Waals surface area contributed by atoms with Gasteiger partial charge in [0.15, 0.2) is 0 Å². The number of pyridine rings is 1. The molecule has 1 aromatic heterocycles. The summed E-state index contributed by atoms with van der Waals surface area (Å²) >= 11 is 0. The first-order chi connectivity index (χ1) is 12.1. The molecule has 2 amide bonds. The Labute approximate surface area is 145 Å². The van der Waals surface area contributed by atoms with Crippen molar-refractivity contribution >= 4 is 23.3 Å². The summed E-state index contributed by atoms with van der Waals surface area (Å²) in [6.07, 6.45) is 4.10. The Morgan fingerprint density at radius 1 is 1.48 bits per heavy atom. The topological polar surface area (TPSA) is 91.8 Å². The zero-order chi connectivity index (χ0) is 17.6. The number of cyclic esters (lactones) is 1. The molecule has 0 bridgehead atoms. The van der Waals surface area contributed by atoms with Gasteiger partial charge in [0.1, 0.15) is 6.10 Å². The molecule has 1 aromatic rings. The predicted octanol–water partition coefficient (Wildman–Crippen LogP) is 1.18. The highest BCUT2D eigenvalue weighted by Gasteiger charge is 2.51. The largest absolute Gasteiger partial charge is 0.442 e. The minimum atomic E-state index is -0.419. The average Bonchev–Trinajstić information content (AvgIpc) is 2.94. The maximum atomic E-state index is 12.0. The minimum Gasteiger partial charge on any atom is -0.442 e. The minimum absolute atomic E-state index is 0.146. The second-order valence-corrected chi connectivity index (χ2v) is 6.94. The molecule has 2 aliphatic carbocycles. The molecule has 1 saturated carbocycles. The fourth-order valence-electron chi connectivity index (χ4n) is 3.84. The Balaban J connectivity index is 1.40. The van der Waals surface area contributed by atoms with Gasteiger partial charge in [-0.25, -0.2) is 4.79 Å². The van der Waals surface area contributed by atoms with Crippen molar-refractivity contribution < 1.29 is 19.4 Å². The van der Waals surface area contributed by atoms with E-state index < -0.39 is 6.09 Å². The number of carbonyl (C=O) groups is 2. The summed E-state index contributed by atoms with van der Waals surface area (Å²) in [5.41, 5.74) is 2.84. The normalized spacial score (nSPS) is 29.9. The van der Waals surface area contributed by atoms with Gasteiger partial charge in [0, 0.05) is 13.5 Å². The number of anilines is 1. The molecule has 7 nitrogen and oxygen atoms in total. The SMILES string of the molecule is CC(=O)NC[C@H]1CN(c2ccc(C3=C[C@H]4[C@H](CO)[C@H]4C3)nc2)C(=O)O1. The molecule has 4 atom stereocenters. The Kier molecular flexibility index (Phi) is 3.95. The van der Waals surface area contributed by atoms with E-state index in [4.69, 9.17) is 4.74 Å². The number of amides is 2. The Morgan fingerprint density at radius 3 is 2.92 bits per heavy atom. The zero-order valence-corrected chi connectivity index (χ0v) is 14.0. The van der Waals surface area contributed by atoms with Crippen LogP contribution in [-0.4, -0.2) is 47.9 Å². The number of fused-ring (bicyclic) bond motifs is 1. The molecular formula is C18H21N3O4. The molecule has 25 heavy (non-hydrogen) atoms. The first-order valence-corrected chi connectivity index (χ1v) is 8.57. The maximum absolute atomic E-state index is 12.0. The van der Waals surface area contributed by atoms with Gasteiger partial charge >= 0.3 is 6.09 Å². The molecule has 1 saturated heterocycles. The van der Waals surface area contributed by atoms with Crippen molar-refractivity contribution in [2.75, 3.05) is 24.6 Å². The van der Waals surface area contributed by atoms with E-state index >= 15 is 0 Å². The van der Waals surface area contributed by atoms with E-state index in [9.17, 15) is 14.7 Å². The van der Waals surface area contributed by atoms with Crippen molar-refractivity contribution in [3.8, 4) is 0 Å². The van der Waals surface area contributed by atoms with E-state index in [1.54, 1.807) is 6.20 Å². The third-order valence-electron chi connectivity index (χ3n) is 5.30. The number of rotatable bonds is 5. The fraction of sp³-hybridized carbons (Fsp3) is 0.500. The number of hydrogen-bond donors (Lipinski definition) is 2. The van der Waals surface area contributed by atoms with Crippen LogP contribution < -0.4 is 10.2 Å². The lowest BCUT2D eigenvalue weighted by molar-refractivity contribution is -0.119. The van der Waals surface area contributed by atoms with Crippen LogP contribution in [0.15, 0.2) is 24.4 Å². The summed E-state index contributed by atoms with van der Waals surface area (Å²) < 4.78 is 5.26. The van der Waals surface area contributed by atoms with Crippen LogP contribution in [0.4, 0.5) is 10.5 Å². The molecular weight excluding hydrogens is 322 g/mol. The van der Waals surface area contributed by atoms with Crippen LogP contribution in [0.25, 0.3) is 5.57 Å². The molecule has 132 valence electrons. The van der Waals surface area contributed by atoms with Crippen molar-refractivity contribution in [3.05, 3.63) is 30.1 Å². The molecule has 1 aliphatic heterocycles. The second kappa shape index (κ2) is 6.15. The van der Waals surface area contributed by atoms with Crippen LogP contribution in [0.5, 0.6) is 0 Å². The first-order valence-electron chi connectivity index (χ1n) is 8.57. The standard InChI is InChI=1S/C18H21N3O4/c1-10(23)19-7-13-8-21(18(24)25-13)12-2-3-17(20-6-12)11-4-14-15(5-11)16(14)9-22/h2-4,6,13-16,22H,5,7-9H2,1H3,(H,19,23)/t13-,14+,15-,16-/m0/s1. The number of aliphatic hydroxyl groups is 1. The summed E-state index contributed by atoms with van der Waals surface area (Å²) in [5, 5.41) is 11.9. The van der Waals surface area contributed by atoms with Crippen LogP contribution in [0.2, 0.25) is 0 Å². The molecule has 3 aliphatic rings. The number of hydrogen-bond acceptors (Lipinski definition) is 5. The molecule has 0 aromatic carbocycles. The van der Waals surface area contributed by atoms with Crippen molar-refractivity contribution in [3.63, 3.8) is 0 Å². The van der Waals surface area contributed by atoms with Gasteiger partial charge in [-0.15, -0.1) is 0 Å². The van der Waals surface area contributed by atoms with Gasteiger partial charge < -0.3 is 15.2 Å². The summed E-state index contributed by atoms with van der Waals surface area (Å²) in [4.78, 5) is 29.0. The highest BCUT2D eigenvalue weighted by atomic mass is 16.6. The summed E-state index contributed by atoms with van der Waals surface area (Å²) in [7, 11) is 0. The number of ether oxygens (including phenoxy) is 1. The fourth-order valence-corrected chi connectivity index (χ4v) is 3.84. The third-order valence-corrected chi connectivity index (χ3v) is 5.30. The molecule has 4 rings (SSSR count). The smallest absolute Gasteiger partial charge is 0.414 e. The van der Waals surface area contributed by atoms with E-state index in [1.165, 1.54) is 17.4 Å². The van der Waals surface area contributed by atoms with Gasteiger partial charge in [0.25, 0.3) is 0 Å². The number of allylic oxidation sites excluding steroid dienone is 2. The van der Waals surface area contributed by atoms with E-state index in [0.29, 0.717) is 36.5 Å². The predicted molar refractivity (Wildman–Crippen MR) is 90.7 cm³/mol. The lowest BCUT2D eigenvalue weighted by Gasteiger charge is -2.13. The van der Waals surface area contributed by atoms with Crippen LogP contribution >= 0.6 is 0 Å². The van der Waals surface area contributed by atoms with Gasteiger partial charge in [-0.2, -0.15) is 0 Å². The Bertz CT molecular complexity index is 730. The van der Waals surface area contributed by atoms with E-state index in [1.807, 2.05) is 12.1 Å². The van der Waals surface area contributed by atoms with E-state index in [2.05, 4.69) is 16.4 Å². The van der Waals surface area contributed by atoms with Gasteiger partial charge in [0.2, 0.25) is 5.91 Å². The summed E-state index contributed by atoms with van der Waals surface area (Å²) in [5.74, 6) is 1.36. The maximum Gasteiger partial charge on any atom is 0.414 e. The average molecular weight is 343 g/mol. The van der Waals surface area contributed by atoms with Crippen LogP contribution in [0, 0.1) is 17.8 Å². The first kappa shape index (κ1) is 16.1. The zero-order valence-electron chi connectivity index (χ0n) is 14.0. The number of aromatic nitrogens is 1. The molecule has 2 fully saturated rings. The molecule has 0 unspecified atom stereocenters. The number of nitrogens with zero attached hydrogens (tertiary/aromatic N) is 2. The van der Waals surface area contributed by atoms with Crippen molar-refractivity contribution in [2.24, 2.45) is 17.8 Å². The molecule has 2 heterocycles. The van der Waals surface area contributed by atoms with Gasteiger partial charge in [-0.05, 0) is 41.9 Å². The molecule has 0 radical (unpaired) electrons. The molecule has 2 N–H and O–H groups in total. The third kappa shape index (κ3) is 3.00. The highest BCUT2D eigenvalue weighted by molar-refractivity contribution is 5.89. The highest BCUT2D eigenvalue weighted by Crippen LogP contribution is 2.57. The quantitative estimate of drug-likeness (QED) is 0.838. The second-order valence-electron chi connectivity index (χ2n) is 6.94. The van der Waals surface area contributed by atoms with E-state index in [-0.39, 0.29) is 18.6 Å². The van der Waals surface area contributed by atoms with Crippen molar-refractivity contribution in [2.45, 2.75) is 19.4 Å². The Hall–Kier alpha value is -2.41. The number of aliphatic hydroxyl groups excluding tert-OH is 1. The lowest BCUT2D eigenvalue weighted by atomic mass is 10.1. The van der Waals surface area contributed by atoms with Gasteiger partial charge in [-0.1, -0.05) is 6.08 Å². The Morgan fingerprint density at radius 2 is 2.32 bits per heavy atom. The molecule has 7 heteroatoms. The lowest BCUT2D eigenvalue weighted by Crippen LogP contribution is -2.33. The summed E-state index contributed by atoms with van der Waals surface area (Å²) in [6.45, 7) is 2.40. The van der Waals surface area contributed by atoms with Gasteiger partial charge in [0.05, 0.1) is 30.7 Å². The van der Waals surface area contributed by atoms with Crippen molar-refractivity contribution in [1.82, 2.24) is 10.3 Å². The van der Waals surface area contributed by atoms with Gasteiger partial charge in [-0.3, -0.25) is 14.7 Å². The number of carbonyl (C=O) groups excluding carboxylic acids is 2. The van der Waals surface area contributed by atoms with Crippen LogP contribution in [0.3, 0.4) is 0 Å². The molecule has 0 spiro atoms. The van der Waals surface area contributed by atoms with Crippen LogP contribution in [-0.2, 0) is 9.53 Å². The number of nitrogens with one attached hydrogen (secondary N) is 1. The monoisotopic (exact) mass is 343 g/mol. The summed E-state index contributed by atoms with van der Waals surface area (Å²) in [6, 6.07) is 3.80. The van der Waals surface area contributed by atoms with E-state index in [0.717, 1.165) is 12.1 Å². The van der Waals surface area contributed by atoms with Crippen LogP contribution in [0.1, 0.15) is 19.0 Å².